The van der Waals surface area contributed by atoms with Gasteiger partial charge in [0.2, 0.25) is 0 Å². The van der Waals surface area contributed by atoms with Gasteiger partial charge in [0.15, 0.2) is 11.6 Å². The topological polar surface area (TPSA) is 52.0 Å². The van der Waals surface area contributed by atoms with Gasteiger partial charge in [-0.25, -0.2) is 9.07 Å². The predicted octanol–water partition coefficient (Wildman–Crippen LogP) is 6.90. The second-order valence-electron chi connectivity index (χ2n) is 8.50. The van der Waals surface area contributed by atoms with Crippen molar-refractivity contribution < 1.29 is 14.0 Å². The Balaban J connectivity index is 1.79. The number of rotatable bonds is 5. The highest BCUT2D eigenvalue weighted by Gasteiger charge is 2.26. The molecule has 0 aliphatic rings. The van der Waals surface area contributed by atoms with E-state index in [0.29, 0.717) is 21.7 Å². The smallest absolute Gasteiger partial charge is 0.195 e. The molecule has 0 N–H and O–H groups in total. The summed E-state index contributed by atoms with van der Waals surface area (Å²) in [6.07, 6.45) is 1.60. The molecule has 172 valence electrons. The summed E-state index contributed by atoms with van der Waals surface area (Å²) in [5.41, 5.74) is 3.70. The van der Waals surface area contributed by atoms with E-state index in [0.717, 1.165) is 28.6 Å². The fourth-order valence-corrected chi connectivity index (χ4v) is 4.26. The Morgan fingerprint density at radius 3 is 1.80 bits per heavy atom. The van der Waals surface area contributed by atoms with Gasteiger partial charge in [0, 0.05) is 21.5 Å². The summed E-state index contributed by atoms with van der Waals surface area (Å²) in [5, 5.41) is 5.73. The van der Waals surface area contributed by atoms with Gasteiger partial charge in [0.1, 0.15) is 5.82 Å². The number of carbonyl (C=O) groups is 2. The van der Waals surface area contributed by atoms with E-state index in [2.05, 4.69) is 5.10 Å². The van der Waals surface area contributed by atoms with Gasteiger partial charge in [0.25, 0.3) is 0 Å². The van der Waals surface area contributed by atoms with Crippen LogP contribution >= 0.6 is 11.6 Å². The Morgan fingerprint density at radius 1 is 0.771 bits per heavy atom. The van der Waals surface area contributed by atoms with Crippen LogP contribution in [0, 0.1) is 19.7 Å². The number of carbonyl (C=O) groups excluding carboxylic acids is 2. The lowest BCUT2D eigenvalue weighted by Gasteiger charge is -2.16. The fraction of sp³-hybridized carbons (Fsp3) is 0.0690. The normalized spacial score (nSPS) is 11.1. The summed E-state index contributed by atoms with van der Waals surface area (Å²) in [6, 6.07) is 21.5. The molecule has 5 aromatic rings. The molecule has 0 fully saturated rings. The van der Waals surface area contributed by atoms with Gasteiger partial charge in [0.05, 0.1) is 28.5 Å². The van der Waals surface area contributed by atoms with Crippen molar-refractivity contribution in [1.29, 1.82) is 0 Å². The van der Waals surface area contributed by atoms with Crippen molar-refractivity contribution in [2.45, 2.75) is 13.8 Å². The number of aromatic nitrogens is 2. The van der Waals surface area contributed by atoms with Crippen molar-refractivity contribution in [1.82, 2.24) is 9.78 Å². The molecular weight excluding hydrogens is 463 g/mol. The van der Waals surface area contributed by atoms with Crippen LogP contribution in [0.5, 0.6) is 0 Å². The molecule has 1 aromatic heterocycles. The predicted molar refractivity (Wildman–Crippen MR) is 135 cm³/mol. The van der Waals surface area contributed by atoms with E-state index in [1.165, 1.54) is 4.68 Å². The van der Waals surface area contributed by atoms with Crippen LogP contribution in [0.25, 0.3) is 16.6 Å². The first-order valence-electron chi connectivity index (χ1n) is 11.0. The highest BCUT2D eigenvalue weighted by molar-refractivity contribution is 6.31. The number of hydrogen-bond acceptors (Lipinski definition) is 3. The maximum Gasteiger partial charge on any atom is 0.195 e. The molecule has 1 heterocycles. The number of hydrogen-bond donors (Lipinski definition) is 0. The summed E-state index contributed by atoms with van der Waals surface area (Å²) in [4.78, 5) is 27.3. The Kier molecular flexibility index (Phi) is 5.79. The van der Waals surface area contributed by atoms with Crippen molar-refractivity contribution >= 4 is 34.1 Å². The highest BCUT2D eigenvalue weighted by atomic mass is 35.5. The van der Waals surface area contributed by atoms with Crippen LogP contribution in [0.2, 0.25) is 5.02 Å². The quantitative estimate of drug-likeness (QED) is 0.256. The number of nitrogens with zero attached hydrogens (tertiary/aromatic N) is 2. The van der Waals surface area contributed by atoms with Crippen molar-refractivity contribution in [3.63, 3.8) is 0 Å². The summed E-state index contributed by atoms with van der Waals surface area (Å²) < 4.78 is 16.5. The monoisotopic (exact) mass is 482 g/mol. The van der Waals surface area contributed by atoms with Gasteiger partial charge in [-0.15, -0.1) is 0 Å². The standard InChI is InChI=1S/C29H20ClFN2O2/c1-17-3-7-19(8-4-17)28(34)24-14-23(31)15-25(29(35)20-9-5-18(2)6-10-20)27(24)33-26-12-11-22(30)13-21(26)16-32-33/h3-16H,1-2H3. The molecule has 5 rings (SSSR count). The van der Waals surface area contributed by atoms with Crippen LogP contribution < -0.4 is 0 Å². The average Bonchev–Trinajstić information content (AvgIpc) is 3.26. The zero-order chi connectivity index (χ0) is 24.7. The van der Waals surface area contributed by atoms with E-state index >= 15 is 0 Å². The first-order valence-corrected chi connectivity index (χ1v) is 11.4. The average molecular weight is 483 g/mol. The van der Waals surface area contributed by atoms with E-state index in [9.17, 15) is 14.0 Å². The van der Waals surface area contributed by atoms with Gasteiger partial charge < -0.3 is 0 Å². The van der Waals surface area contributed by atoms with Crippen molar-refractivity contribution in [2.24, 2.45) is 0 Å². The summed E-state index contributed by atoms with van der Waals surface area (Å²) in [7, 11) is 0. The number of aryl methyl sites for hydroxylation is 2. The number of benzene rings is 4. The molecule has 0 amide bonds. The Hall–Kier alpha value is -4.09. The highest BCUT2D eigenvalue weighted by Crippen LogP contribution is 2.30. The molecule has 0 bridgehead atoms. The Bertz CT molecular complexity index is 1520. The summed E-state index contributed by atoms with van der Waals surface area (Å²) >= 11 is 6.15. The van der Waals surface area contributed by atoms with Crippen LogP contribution in [0.15, 0.2) is 85.1 Å². The van der Waals surface area contributed by atoms with Crippen LogP contribution in [0.4, 0.5) is 4.39 Å². The third-order valence-electron chi connectivity index (χ3n) is 5.93. The molecule has 0 spiro atoms. The lowest BCUT2D eigenvalue weighted by molar-refractivity contribution is 0.103. The summed E-state index contributed by atoms with van der Waals surface area (Å²) in [6.45, 7) is 3.84. The lowest BCUT2D eigenvalue weighted by atomic mass is 9.93. The summed E-state index contributed by atoms with van der Waals surface area (Å²) in [5.74, 6) is -1.50. The lowest BCUT2D eigenvalue weighted by Crippen LogP contribution is -2.16. The molecule has 35 heavy (non-hydrogen) atoms. The van der Waals surface area contributed by atoms with E-state index in [-0.39, 0.29) is 16.8 Å². The molecule has 0 radical (unpaired) electrons. The van der Waals surface area contributed by atoms with E-state index in [1.54, 1.807) is 48.7 Å². The molecule has 0 saturated heterocycles. The Morgan fingerprint density at radius 2 is 1.29 bits per heavy atom. The third kappa shape index (κ3) is 4.27. The largest absolute Gasteiger partial charge is 0.289 e. The molecule has 0 saturated carbocycles. The van der Waals surface area contributed by atoms with Gasteiger partial charge in [-0.2, -0.15) is 5.10 Å². The van der Waals surface area contributed by atoms with Crippen LogP contribution in [-0.2, 0) is 0 Å². The zero-order valence-electron chi connectivity index (χ0n) is 19.0. The van der Waals surface area contributed by atoms with Gasteiger partial charge in [-0.3, -0.25) is 9.59 Å². The van der Waals surface area contributed by atoms with Gasteiger partial charge in [-0.1, -0.05) is 71.3 Å². The molecule has 0 atom stereocenters. The maximum atomic E-state index is 14.9. The van der Waals surface area contributed by atoms with E-state index in [1.807, 2.05) is 38.1 Å². The molecular formula is C29H20ClFN2O2. The maximum absolute atomic E-state index is 14.9. The molecule has 6 heteroatoms. The molecule has 0 unspecified atom stereocenters. The van der Waals surface area contributed by atoms with Crippen molar-refractivity contribution in [2.75, 3.05) is 0 Å². The van der Waals surface area contributed by atoms with Crippen LogP contribution in [-0.4, -0.2) is 21.3 Å². The molecule has 4 nitrogen and oxygen atoms in total. The van der Waals surface area contributed by atoms with Crippen LogP contribution in [0.3, 0.4) is 0 Å². The minimum atomic E-state index is -0.681. The van der Waals surface area contributed by atoms with Crippen LogP contribution in [0.1, 0.15) is 43.0 Å². The number of halogens is 2. The van der Waals surface area contributed by atoms with Gasteiger partial charge in [-0.05, 0) is 44.2 Å². The molecule has 4 aromatic carbocycles. The number of fused-ring (bicyclic) bond motifs is 1. The molecule has 0 aliphatic carbocycles. The van der Waals surface area contributed by atoms with Crippen molar-refractivity contribution in [3.05, 3.63) is 129 Å². The minimum Gasteiger partial charge on any atom is -0.289 e. The van der Waals surface area contributed by atoms with E-state index in [4.69, 9.17) is 11.6 Å². The van der Waals surface area contributed by atoms with E-state index < -0.39 is 17.4 Å². The van der Waals surface area contributed by atoms with Crippen molar-refractivity contribution in [3.8, 4) is 5.69 Å². The minimum absolute atomic E-state index is 0.0456. The Labute approximate surface area is 206 Å². The SMILES string of the molecule is Cc1ccc(C(=O)c2cc(F)cc(C(=O)c3ccc(C)cc3)c2-n2ncc3cc(Cl)ccc32)cc1. The molecule has 0 aliphatic heterocycles. The first-order chi connectivity index (χ1) is 16.8. The second kappa shape index (κ2) is 8.93. The third-order valence-corrected chi connectivity index (χ3v) is 6.17. The number of ketones is 2. The fourth-order valence-electron chi connectivity index (χ4n) is 4.08. The first kappa shape index (κ1) is 22.7. The zero-order valence-corrected chi connectivity index (χ0v) is 19.8. The second-order valence-corrected chi connectivity index (χ2v) is 8.94. The van der Waals surface area contributed by atoms with Gasteiger partial charge >= 0.3 is 0 Å².